The number of carbonyl (C=O) groups excluding carboxylic acids is 2. The lowest BCUT2D eigenvalue weighted by molar-refractivity contribution is -0.120. The van der Waals surface area contributed by atoms with Crippen LogP contribution >= 0.6 is 0 Å². The zero-order chi connectivity index (χ0) is 19.5. The molecule has 6 heteroatoms. The van der Waals surface area contributed by atoms with Gasteiger partial charge < -0.3 is 20.0 Å². The van der Waals surface area contributed by atoms with E-state index in [1.807, 2.05) is 25.2 Å². The van der Waals surface area contributed by atoms with Gasteiger partial charge in [-0.2, -0.15) is 0 Å². The molecule has 6 nitrogen and oxygen atoms in total. The lowest BCUT2D eigenvalue weighted by Crippen LogP contribution is -2.54. The Labute approximate surface area is 167 Å². The molecule has 3 heterocycles. The highest BCUT2D eigenvalue weighted by Crippen LogP contribution is 2.39. The Morgan fingerprint density at radius 1 is 1.07 bits per heavy atom. The van der Waals surface area contributed by atoms with Crippen LogP contribution in [0, 0.1) is 0 Å². The molecule has 0 saturated carbocycles. The second kappa shape index (κ2) is 8.52. The van der Waals surface area contributed by atoms with Crippen LogP contribution in [-0.2, 0) is 4.79 Å². The molecule has 2 saturated heterocycles. The molecule has 0 aliphatic carbocycles. The fourth-order valence-electron chi connectivity index (χ4n) is 4.78. The average Bonchev–Trinajstić information content (AvgIpc) is 2.75. The molecule has 0 unspecified atom stereocenters. The van der Waals surface area contributed by atoms with Gasteiger partial charge in [-0.3, -0.25) is 9.59 Å². The minimum Gasteiger partial charge on any atom is -0.358 e. The molecule has 1 atom stereocenters. The van der Waals surface area contributed by atoms with E-state index in [1.54, 1.807) is 4.90 Å². The van der Waals surface area contributed by atoms with E-state index in [4.69, 9.17) is 0 Å². The van der Waals surface area contributed by atoms with Crippen molar-refractivity contribution >= 4 is 23.2 Å². The molecule has 1 aromatic carbocycles. The van der Waals surface area contributed by atoms with Gasteiger partial charge in [0.05, 0.1) is 11.4 Å². The number of likely N-dealkylation sites (N-methyl/N-ethyl adjacent to an activating group) is 1. The average molecular weight is 385 g/mol. The van der Waals surface area contributed by atoms with E-state index >= 15 is 0 Å². The lowest BCUT2D eigenvalue weighted by Gasteiger charge is -2.44. The van der Waals surface area contributed by atoms with Crippen LogP contribution in [0.1, 0.15) is 55.3 Å². The first-order valence-corrected chi connectivity index (χ1v) is 10.8. The summed E-state index contributed by atoms with van der Waals surface area (Å²) < 4.78 is 0. The number of hydrogen-bond acceptors (Lipinski definition) is 4. The number of hydrogen-bond donors (Lipinski definition) is 1. The zero-order valence-electron chi connectivity index (χ0n) is 17.0. The van der Waals surface area contributed by atoms with Gasteiger partial charge in [0.15, 0.2) is 0 Å². The summed E-state index contributed by atoms with van der Waals surface area (Å²) in [5.41, 5.74) is 2.56. The number of carbonyl (C=O) groups is 2. The van der Waals surface area contributed by atoms with Crippen LogP contribution in [0.15, 0.2) is 18.2 Å². The molecule has 0 aromatic heterocycles. The Kier molecular flexibility index (Phi) is 5.85. The van der Waals surface area contributed by atoms with Crippen molar-refractivity contribution in [2.75, 3.05) is 49.6 Å². The van der Waals surface area contributed by atoms with Crippen LogP contribution in [-0.4, -0.2) is 62.5 Å². The summed E-state index contributed by atoms with van der Waals surface area (Å²) in [6.07, 6.45) is 8.06. The number of piperidine rings is 2. The predicted molar refractivity (Wildman–Crippen MR) is 112 cm³/mol. The van der Waals surface area contributed by atoms with Crippen LogP contribution in [0.3, 0.4) is 0 Å². The van der Waals surface area contributed by atoms with Gasteiger partial charge in [0.1, 0.15) is 6.04 Å². The van der Waals surface area contributed by atoms with Crippen LogP contribution in [0.4, 0.5) is 11.4 Å². The van der Waals surface area contributed by atoms with Crippen LogP contribution < -0.4 is 15.1 Å². The monoisotopic (exact) mass is 384 g/mol. The van der Waals surface area contributed by atoms with Crippen molar-refractivity contribution in [2.24, 2.45) is 0 Å². The lowest BCUT2D eigenvalue weighted by atomic mass is 9.96. The van der Waals surface area contributed by atoms with E-state index in [-0.39, 0.29) is 17.9 Å². The fraction of sp³-hybridized carbons (Fsp3) is 0.636. The normalized spacial score (nSPS) is 22.6. The maximum absolute atomic E-state index is 12.7. The number of nitrogens with zero attached hydrogens (tertiary/aromatic N) is 3. The van der Waals surface area contributed by atoms with Crippen molar-refractivity contribution < 1.29 is 9.59 Å². The second-order valence-electron chi connectivity index (χ2n) is 8.32. The van der Waals surface area contributed by atoms with E-state index in [2.05, 4.69) is 15.1 Å². The second-order valence-corrected chi connectivity index (χ2v) is 8.32. The molecule has 28 heavy (non-hydrogen) atoms. The Bertz CT molecular complexity index is 729. The number of benzene rings is 1. The molecule has 3 aliphatic heterocycles. The molecule has 2 amide bonds. The highest BCUT2D eigenvalue weighted by molar-refractivity contribution is 6.07. The molecule has 0 radical (unpaired) electrons. The van der Waals surface area contributed by atoms with Gasteiger partial charge in [-0.25, -0.2) is 0 Å². The van der Waals surface area contributed by atoms with Gasteiger partial charge in [0.2, 0.25) is 5.91 Å². The van der Waals surface area contributed by atoms with Gasteiger partial charge in [0, 0.05) is 25.7 Å². The minimum absolute atomic E-state index is 0.0410. The van der Waals surface area contributed by atoms with E-state index in [0.29, 0.717) is 12.1 Å². The highest BCUT2D eigenvalue weighted by atomic mass is 16.2. The summed E-state index contributed by atoms with van der Waals surface area (Å²) >= 11 is 0. The molecule has 0 bridgehead atoms. The Hall–Kier alpha value is -2.08. The van der Waals surface area contributed by atoms with E-state index in [1.165, 1.54) is 32.4 Å². The number of fused-ring (bicyclic) bond motifs is 3. The molecular formula is C22H32N4O2. The van der Waals surface area contributed by atoms with Crippen molar-refractivity contribution in [3.8, 4) is 0 Å². The molecule has 1 aromatic rings. The van der Waals surface area contributed by atoms with Gasteiger partial charge in [-0.1, -0.05) is 6.42 Å². The molecule has 2 fully saturated rings. The maximum atomic E-state index is 12.7. The third kappa shape index (κ3) is 3.88. The summed E-state index contributed by atoms with van der Waals surface area (Å²) in [5.74, 6) is 0.0920. The van der Waals surface area contributed by atoms with Gasteiger partial charge in [0.25, 0.3) is 5.91 Å². The summed E-state index contributed by atoms with van der Waals surface area (Å²) in [4.78, 5) is 31.8. The summed E-state index contributed by atoms with van der Waals surface area (Å²) in [5, 5.41) is 3.05. The van der Waals surface area contributed by atoms with Crippen molar-refractivity contribution in [3.63, 3.8) is 0 Å². The topological polar surface area (TPSA) is 55.9 Å². The summed E-state index contributed by atoms with van der Waals surface area (Å²) in [6.45, 7) is 5.04. The first-order chi connectivity index (χ1) is 13.6. The van der Waals surface area contributed by atoms with Crippen molar-refractivity contribution in [3.05, 3.63) is 23.8 Å². The summed E-state index contributed by atoms with van der Waals surface area (Å²) in [7, 11) is 1.83. The van der Waals surface area contributed by atoms with Crippen LogP contribution in [0.2, 0.25) is 0 Å². The van der Waals surface area contributed by atoms with Gasteiger partial charge >= 0.3 is 0 Å². The number of nitrogens with one attached hydrogen (secondary N) is 1. The van der Waals surface area contributed by atoms with E-state index < -0.39 is 0 Å². The Morgan fingerprint density at radius 2 is 1.86 bits per heavy atom. The molecule has 3 aliphatic rings. The number of anilines is 2. The summed E-state index contributed by atoms with van der Waals surface area (Å²) in [6, 6.07) is 5.74. The SMILES string of the molecule is CN1C(=O)[C@@H]2CCCCN2c2ccc(C(=O)NCCCN3CCCCC3)cc21. The van der Waals surface area contributed by atoms with Crippen molar-refractivity contribution in [1.82, 2.24) is 10.2 Å². The van der Waals surface area contributed by atoms with E-state index in [0.717, 1.165) is 50.1 Å². The minimum atomic E-state index is -0.0527. The fourth-order valence-corrected chi connectivity index (χ4v) is 4.78. The quantitative estimate of drug-likeness (QED) is 0.793. The smallest absolute Gasteiger partial charge is 0.251 e. The molecule has 152 valence electrons. The third-order valence-corrected chi connectivity index (χ3v) is 6.41. The maximum Gasteiger partial charge on any atom is 0.251 e. The van der Waals surface area contributed by atoms with Gasteiger partial charge in [-0.05, 0) is 76.4 Å². The van der Waals surface area contributed by atoms with Crippen molar-refractivity contribution in [1.29, 1.82) is 0 Å². The molecule has 0 spiro atoms. The first kappa shape index (κ1) is 19.2. The molecular weight excluding hydrogens is 352 g/mol. The standard InChI is InChI=1S/C22H32N4O2/c1-24-20-16-17(21(27)23-11-7-14-25-12-4-2-5-13-25)9-10-18(20)26-15-6-3-8-19(26)22(24)28/h9-10,16,19H,2-8,11-15H2,1H3,(H,23,27)/t19-/m0/s1. The molecule has 4 rings (SSSR count). The zero-order valence-corrected chi connectivity index (χ0v) is 17.0. The Balaban J connectivity index is 1.38. The van der Waals surface area contributed by atoms with Crippen LogP contribution in [0.25, 0.3) is 0 Å². The number of amides is 2. The third-order valence-electron chi connectivity index (χ3n) is 6.41. The number of rotatable bonds is 5. The van der Waals surface area contributed by atoms with Crippen molar-refractivity contribution in [2.45, 2.75) is 51.0 Å². The Morgan fingerprint density at radius 3 is 2.68 bits per heavy atom. The van der Waals surface area contributed by atoms with Crippen LogP contribution in [0.5, 0.6) is 0 Å². The van der Waals surface area contributed by atoms with E-state index in [9.17, 15) is 9.59 Å². The highest BCUT2D eigenvalue weighted by Gasteiger charge is 2.37. The predicted octanol–water partition coefficient (Wildman–Crippen LogP) is 2.63. The van der Waals surface area contributed by atoms with Gasteiger partial charge in [-0.15, -0.1) is 0 Å². The largest absolute Gasteiger partial charge is 0.358 e. The first-order valence-electron chi connectivity index (χ1n) is 10.8. The number of likely N-dealkylation sites (tertiary alicyclic amines) is 1. The molecule has 1 N–H and O–H groups in total.